The second-order valence-corrected chi connectivity index (χ2v) is 3.18. The lowest BCUT2D eigenvalue weighted by Crippen LogP contribution is -2.05. The van der Waals surface area contributed by atoms with Gasteiger partial charge in [-0.15, -0.1) is 0 Å². The molecule has 2 nitrogen and oxygen atoms in total. The Morgan fingerprint density at radius 1 is 1.27 bits per heavy atom. The molecule has 0 spiro atoms. The van der Waals surface area contributed by atoms with E-state index in [0.717, 1.165) is 11.1 Å². The van der Waals surface area contributed by atoms with Crippen LogP contribution < -0.4 is 0 Å². The summed E-state index contributed by atoms with van der Waals surface area (Å²) in [5, 5.41) is 0. The molecule has 0 heterocycles. The van der Waals surface area contributed by atoms with Crippen molar-refractivity contribution in [3.63, 3.8) is 0 Å². The number of methoxy groups -OCH3 is 1. The molecule has 0 aliphatic heterocycles. The predicted octanol–water partition coefficient (Wildman–Crippen LogP) is 3.05. The summed E-state index contributed by atoms with van der Waals surface area (Å²) in [7, 11) is 1.41. The molecule has 0 aliphatic rings. The van der Waals surface area contributed by atoms with Crippen molar-refractivity contribution in [3.05, 3.63) is 34.9 Å². The molecule has 0 bridgehead atoms. The molecule has 1 aromatic rings. The first kappa shape index (κ1) is 13.7. The Balaban J connectivity index is 0.000000921. The number of esters is 1. The van der Waals surface area contributed by atoms with Crippen molar-refractivity contribution in [1.82, 2.24) is 0 Å². The van der Waals surface area contributed by atoms with E-state index < -0.39 is 0 Å². The number of benzene rings is 1. The maximum Gasteiger partial charge on any atom is 0.309 e. The summed E-state index contributed by atoms with van der Waals surface area (Å²) in [4.78, 5) is 11.0. The Labute approximate surface area is 92.3 Å². The number of hydrogen-bond donors (Lipinski definition) is 0. The van der Waals surface area contributed by atoms with Crippen LogP contribution in [0.15, 0.2) is 18.2 Å². The molecule has 0 N–H and O–H groups in total. The van der Waals surface area contributed by atoms with E-state index in [4.69, 9.17) is 0 Å². The summed E-state index contributed by atoms with van der Waals surface area (Å²) in [6.07, 6.45) is 0.364. The van der Waals surface area contributed by atoms with Crippen LogP contribution in [0.1, 0.15) is 30.5 Å². The zero-order valence-corrected chi connectivity index (χ0v) is 10.3. The van der Waals surface area contributed by atoms with Gasteiger partial charge in [-0.25, -0.2) is 0 Å². The maximum absolute atomic E-state index is 11.0. The van der Waals surface area contributed by atoms with Gasteiger partial charge in [0, 0.05) is 0 Å². The Hall–Kier alpha value is -1.31. The zero-order valence-electron chi connectivity index (χ0n) is 10.3. The van der Waals surface area contributed by atoms with Crippen molar-refractivity contribution in [2.45, 2.75) is 34.1 Å². The highest BCUT2D eigenvalue weighted by Crippen LogP contribution is 2.11. The molecular weight excluding hydrogens is 188 g/mol. The first-order chi connectivity index (χ1) is 7.13. The van der Waals surface area contributed by atoms with Crippen molar-refractivity contribution in [3.8, 4) is 0 Å². The lowest BCUT2D eigenvalue weighted by molar-refractivity contribution is -0.139. The zero-order chi connectivity index (χ0) is 11.8. The average Bonchev–Trinajstić information content (AvgIpc) is 2.25. The molecule has 0 aliphatic carbocycles. The Morgan fingerprint density at radius 2 is 1.87 bits per heavy atom. The standard InChI is InChI=1S/C11H14O2.C2H6/c1-8-4-5-10(9(2)6-8)7-11(12)13-3;1-2/h4-6H,7H2,1-3H3;1-2H3. The molecule has 2 heteroatoms. The van der Waals surface area contributed by atoms with Crippen molar-refractivity contribution in [1.29, 1.82) is 0 Å². The molecule has 0 saturated heterocycles. The van der Waals surface area contributed by atoms with Crippen molar-refractivity contribution in [2.24, 2.45) is 0 Å². The van der Waals surface area contributed by atoms with Gasteiger partial charge in [0.1, 0.15) is 0 Å². The van der Waals surface area contributed by atoms with Crippen LogP contribution >= 0.6 is 0 Å². The van der Waals surface area contributed by atoms with Gasteiger partial charge < -0.3 is 4.74 Å². The van der Waals surface area contributed by atoms with Crippen LogP contribution in [0.3, 0.4) is 0 Å². The van der Waals surface area contributed by atoms with Gasteiger partial charge in [-0.3, -0.25) is 4.79 Å². The van der Waals surface area contributed by atoms with Gasteiger partial charge in [-0.2, -0.15) is 0 Å². The molecule has 0 fully saturated rings. The average molecular weight is 208 g/mol. The minimum absolute atomic E-state index is 0.188. The number of ether oxygens (including phenoxy) is 1. The van der Waals surface area contributed by atoms with E-state index in [1.54, 1.807) is 0 Å². The molecule has 1 aromatic carbocycles. The molecule has 0 saturated carbocycles. The van der Waals surface area contributed by atoms with Gasteiger partial charge in [-0.05, 0) is 25.0 Å². The second-order valence-electron chi connectivity index (χ2n) is 3.18. The summed E-state index contributed by atoms with van der Waals surface area (Å²) in [6, 6.07) is 6.05. The fourth-order valence-corrected chi connectivity index (χ4v) is 1.27. The van der Waals surface area contributed by atoms with E-state index >= 15 is 0 Å². The summed E-state index contributed by atoms with van der Waals surface area (Å²) >= 11 is 0. The molecule has 0 aromatic heterocycles. The largest absolute Gasteiger partial charge is 0.469 e. The van der Waals surface area contributed by atoms with E-state index in [1.807, 2.05) is 39.8 Å². The highest BCUT2D eigenvalue weighted by molar-refractivity contribution is 5.72. The lowest BCUT2D eigenvalue weighted by Gasteiger charge is -2.04. The van der Waals surface area contributed by atoms with E-state index in [0.29, 0.717) is 6.42 Å². The minimum atomic E-state index is -0.188. The van der Waals surface area contributed by atoms with Crippen molar-refractivity contribution >= 4 is 5.97 Å². The SMILES string of the molecule is CC.COC(=O)Cc1ccc(C)cc1C. The quantitative estimate of drug-likeness (QED) is 0.698. The lowest BCUT2D eigenvalue weighted by atomic mass is 10.0. The van der Waals surface area contributed by atoms with E-state index in [9.17, 15) is 4.79 Å². The van der Waals surface area contributed by atoms with E-state index in [-0.39, 0.29) is 5.97 Å². The topological polar surface area (TPSA) is 26.3 Å². The Kier molecular flexibility index (Phi) is 6.43. The molecule has 84 valence electrons. The van der Waals surface area contributed by atoms with E-state index in [2.05, 4.69) is 10.8 Å². The van der Waals surface area contributed by atoms with Gasteiger partial charge in [0.15, 0.2) is 0 Å². The van der Waals surface area contributed by atoms with Gasteiger partial charge >= 0.3 is 5.97 Å². The maximum atomic E-state index is 11.0. The molecule has 15 heavy (non-hydrogen) atoms. The van der Waals surface area contributed by atoms with Crippen LogP contribution in [0.5, 0.6) is 0 Å². The second kappa shape index (κ2) is 7.04. The highest BCUT2D eigenvalue weighted by atomic mass is 16.5. The third-order valence-corrected chi connectivity index (χ3v) is 2.06. The number of carbonyl (C=O) groups is 1. The van der Waals surface area contributed by atoms with Crippen LogP contribution in [-0.2, 0) is 16.0 Å². The Morgan fingerprint density at radius 3 is 2.33 bits per heavy atom. The van der Waals surface area contributed by atoms with Crippen LogP contribution in [-0.4, -0.2) is 13.1 Å². The van der Waals surface area contributed by atoms with Gasteiger partial charge in [0.25, 0.3) is 0 Å². The number of rotatable bonds is 2. The van der Waals surface area contributed by atoms with Gasteiger partial charge in [-0.1, -0.05) is 37.6 Å². The normalized spacial score (nSPS) is 8.87. The first-order valence-corrected chi connectivity index (χ1v) is 5.26. The minimum Gasteiger partial charge on any atom is -0.469 e. The van der Waals surface area contributed by atoms with Crippen molar-refractivity contribution < 1.29 is 9.53 Å². The summed E-state index contributed by atoms with van der Waals surface area (Å²) in [6.45, 7) is 8.04. The summed E-state index contributed by atoms with van der Waals surface area (Å²) in [5.74, 6) is -0.188. The molecule has 0 atom stereocenters. The molecule has 1 rings (SSSR count). The molecule has 0 unspecified atom stereocenters. The first-order valence-electron chi connectivity index (χ1n) is 5.26. The van der Waals surface area contributed by atoms with Crippen LogP contribution in [0, 0.1) is 13.8 Å². The highest BCUT2D eigenvalue weighted by Gasteiger charge is 2.04. The summed E-state index contributed by atoms with van der Waals surface area (Å²) < 4.78 is 4.60. The number of carbonyl (C=O) groups excluding carboxylic acids is 1. The summed E-state index contributed by atoms with van der Waals surface area (Å²) in [5.41, 5.74) is 3.40. The Bertz CT molecular complexity index is 316. The fraction of sp³-hybridized carbons (Fsp3) is 0.462. The van der Waals surface area contributed by atoms with Gasteiger partial charge in [0.05, 0.1) is 13.5 Å². The fourth-order valence-electron chi connectivity index (χ4n) is 1.27. The molecule has 0 radical (unpaired) electrons. The van der Waals surface area contributed by atoms with Crippen LogP contribution in [0.25, 0.3) is 0 Å². The van der Waals surface area contributed by atoms with Crippen LogP contribution in [0.4, 0.5) is 0 Å². The third-order valence-electron chi connectivity index (χ3n) is 2.06. The molecule has 0 amide bonds. The third kappa shape index (κ3) is 4.63. The van der Waals surface area contributed by atoms with Crippen LogP contribution in [0.2, 0.25) is 0 Å². The number of hydrogen-bond acceptors (Lipinski definition) is 2. The predicted molar refractivity (Wildman–Crippen MR) is 63.0 cm³/mol. The smallest absolute Gasteiger partial charge is 0.309 e. The number of aryl methyl sites for hydroxylation is 2. The van der Waals surface area contributed by atoms with Crippen molar-refractivity contribution in [2.75, 3.05) is 7.11 Å². The monoisotopic (exact) mass is 208 g/mol. The molecular formula is C13H20O2. The van der Waals surface area contributed by atoms with Gasteiger partial charge in [0.2, 0.25) is 0 Å². The van der Waals surface area contributed by atoms with E-state index in [1.165, 1.54) is 12.7 Å².